The van der Waals surface area contributed by atoms with Gasteiger partial charge in [0.1, 0.15) is 11.9 Å². The quantitative estimate of drug-likeness (QED) is 0.748. The molecule has 2 aromatic carbocycles. The maximum absolute atomic E-state index is 13.2. The first-order valence-corrected chi connectivity index (χ1v) is 10.8. The van der Waals surface area contributed by atoms with Crippen LogP contribution in [0.2, 0.25) is 0 Å². The zero-order valence-electron chi connectivity index (χ0n) is 17.8. The van der Waals surface area contributed by atoms with Gasteiger partial charge in [-0.15, -0.1) is 0 Å². The number of carbonyl (C=O) groups excluding carboxylic acids is 2. The van der Waals surface area contributed by atoms with Crippen LogP contribution in [0, 0.1) is 5.82 Å². The van der Waals surface area contributed by atoms with E-state index in [4.69, 9.17) is 0 Å². The topological polar surface area (TPSA) is 64.7 Å². The van der Waals surface area contributed by atoms with E-state index in [1.54, 1.807) is 12.1 Å². The second-order valence-corrected chi connectivity index (χ2v) is 8.42. The van der Waals surface area contributed by atoms with Crippen LogP contribution in [0.4, 0.5) is 10.1 Å². The van der Waals surface area contributed by atoms with Crippen LogP contribution in [0.25, 0.3) is 0 Å². The lowest BCUT2D eigenvalue weighted by Crippen LogP contribution is -2.49. The van der Waals surface area contributed by atoms with Gasteiger partial charge in [-0.1, -0.05) is 30.3 Å². The van der Waals surface area contributed by atoms with Crippen LogP contribution >= 0.6 is 0 Å². The molecule has 6 nitrogen and oxygen atoms in total. The summed E-state index contributed by atoms with van der Waals surface area (Å²) in [6, 6.07) is 15.9. The van der Waals surface area contributed by atoms with Crippen LogP contribution in [0.15, 0.2) is 54.6 Å². The molecule has 164 valence electrons. The van der Waals surface area contributed by atoms with Crippen molar-refractivity contribution < 1.29 is 14.0 Å². The number of nitrogens with one attached hydrogen (secondary N) is 2. The number of hydrogen-bond acceptors (Lipinski definition) is 4. The number of hydrogen-bond donors (Lipinski definition) is 2. The highest BCUT2D eigenvalue weighted by atomic mass is 19.1. The average Bonchev–Trinajstić information content (AvgIpc) is 3.14. The largest absolute Gasteiger partial charge is 0.353 e. The number of carbonyl (C=O) groups is 2. The molecule has 0 unspecified atom stereocenters. The molecule has 0 aromatic heterocycles. The van der Waals surface area contributed by atoms with Gasteiger partial charge in [-0.3, -0.25) is 19.4 Å². The summed E-state index contributed by atoms with van der Waals surface area (Å²) in [5.41, 5.74) is 1.79. The van der Waals surface area contributed by atoms with E-state index < -0.39 is 0 Å². The fourth-order valence-electron chi connectivity index (χ4n) is 4.69. The number of amides is 2. The summed E-state index contributed by atoms with van der Waals surface area (Å²) in [4.78, 5) is 29.7. The predicted molar refractivity (Wildman–Crippen MR) is 118 cm³/mol. The van der Waals surface area contributed by atoms with Gasteiger partial charge in [0, 0.05) is 43.8 Å². The SMILES string of the molecule is CN1[C@@H](CCC(=O)Nc2ccccc2)CNC(=O)[C@@H]2[C@H]1CCN2Cc1ccc(F)cc1. The number of halogens is 1. The summed E-state index contributed by atoms with van der Waals surface area (Å²) in [6.45, 7) is 1.96. The van der Waals surface area contributed by atoms with E-state index >= 15 is 0 Å². The van der Waals surface area contributed by atoms with E-state index in [0.29, 0.717) is 25.9 Å². The molecule has 2 saturated heterocycles. The highest BCUT2D eigenvalue weighted by Gasteiger charge is 2.44. The fourth-order valence-corrected chi connectivity index (χ4v) is 4.69. The van der Waals surface area contributed by atoms with Crippen LogP contribution in [-0.4, -0.2) is 59.9 Å². The first kappa shape index (κ1) is 21.5. The molecule has 0 bridgehead atoms. The van der Waals surface area contributed by atoms with Gasteiger partial charge in [0.2, 0.25) is 11.8 Å². The Hall–Kier alpha value is -2.77. The summed E-state index contributed by atoms with van der Waals surface area (Å²) < 4.78 is 13.2. The van der Waals surface area contributed by atoms with Gasteiger partial charge in [-0.2, -0.15) is 0 Å². The Kier molecular flexibility index (Phi) is 6.63. The Morgan fingerprint density at radius 1 is 1.16 bits per heavy atom. The van der Waals surface area contributed by atoms with E-state index in [2.05, 4.69) is 27.5 Å². The van der Waals surface area contributed by atoms with Crippen molar-refractivity contribution in [3.05, 3.63) is 66.0 Å². The number of fused-ring (bicyclic) bond motifs is 1. The molecule has 0 spiro atoms. The predicted octanol–water partition coefficient (Wildman–Crippen LogP) is 2.62. The van der Waals surface area contributed by atoms with E-state index in [1.807, 2.05) is 30.3 Å². The van der Waals surface area contributed by atoms with Crippen LogP contribution in [0.5, 0.6) is 0 Å². The molecule has 0 aliphatic carbocycles. The minimum absolute atomic E-state index is 0.0175. The Bertz CT molecular complexity index is 906. The maximum atomic E-state index is 13.2. The third-order valence-corrected chi connectivity index (χ3v) is 6.41. The van der Waals surface area contributed by atoms with Crippen molar-refractivity contribution in [1.29, 1.82) is 0 Å². The molecule has 4 rings (SSSR count). The maximum Gasteiger partial charge on any atom is 0.239 e. The first-order valence-electron chi connectivity index (χ1n) is 10.8. The second-order valence-electron chi connectivity index (χ2n) is 8.42. The summed E-state index contributed by atoms with van der Waals surface area (Å²) in [7, 11) is 2.05. The average molecular weight is 425 g/mol. The monoisotopic (exact) mass is 424 g/mol. The molecule has 2 N–H and O–H groups in total. The minimum Gasteiger partial charge on any atom is -0.353 e. The lowest BCUT2D eigenvalue weighted by atomic mass is 10.0. The van der Waals surface area contributed by atoms with E-state index in [-0.39, 0.29) is 35.8 Å². The standard InChI is InChI=1S/C24H29FN4O2/c1-28-20(11-12-22(30)27-19-5-3-2-4-6-19)15-26-24(31)23-21(28)13-14-29(23)16-17-7-9-18(25)10-8-17/h2-10,20-21,23H,11-16H2,1H3,(H,26,31)(H,27,30)/t20-,21+,23-/m0/s1. The third kappa shape index (κ3) is 5.11. The van der Waals surface area contributed by atoms with Gasteiger partial charge in [0.05, 0.1) is 0 Å². The lowest BCUT2D eigenvalue weighted by molar-refractivity contribution is -0.126. The number of para-hydroxylation sites is 1. The highest BCUT2D eigenvalue weighted by Crippen LogP contribution is 2.28. The second kappa shape index (κ2) is 9.58. The van der Waals surface area contributed by atoms with E-state index in [1.165, 1.54) is 12.1 Å². The van der Waals surface area contributed by atoms with Crippen molar-refractivity contribution in [3.63, 3.8) is 0 Å². The Morgan fingerprint density at radius 3 is 2.65 bits per heavy atom. The number of likely N-dealkylation sites (N-methyl/N-ethyl adjacent to an activating group) is 1. The van der Waals surface area contributed by atoms with Crippen molar-refractivity contribution in [2.75, 3.05) is 25.5 Å². The molecule has 0 radical (unpaired) electrons. The summed E-state index contributed by atoms with van der Waals surface area (Å²) in [6.07, 6.45) is 1.97. The number of benzene rings is 2. The molecule has 2 aliphatic rings. The van der Waals surface area contributed by atoms with Gasteiger partial charge in [-0.25, -0.2) is 4.39 Å². The number of rotatable bonds is 6. The van der Waals surface area contributed by atoms with Crippen LogP contribution in [0.1, 0.15) is 24.8 Å². The molecule has 3 atom stereocenters. The summed E-state index contributed by atoms with van der Waals surface area (Å²) >= 11 is 0. The third-order valence-electron chi connectivity index (χ3n) is 6.41. The highest BCUT2D eigenvalue weighted by molar-refractivity contribution is 5.90. The minimum atomic E-state index is -0.255. The first-order chi connectivity index (χ1) is 15.0. The van der Waals surface area contributed by atoms with Gasteiger partial charge in [-0.05, 0) is 49.7 Å². The zero-order valence-corrected chi connectivity index (χ0v) is 17.8. The van der Waals surface area contributed by atoms with Crippen molar-refractivity contribution in [1.82, 2.24) is 15.1 Å². The van der Waals surface area contributed by atoms with Gasteiger partial charge >= 0.3 is 0 Å². The molecule has 2 fully saturated rings. The van der Waals surface area contributed by atoms with E-state index in [0.717, 1.165) is 24.2 Å². The Balaban J connectivity index is 1.36. The smallest absolute Gasteiger partial charge is 0.239 e. The Labute approximate surface area is 182 Å². The molecular formula is C24H29FN4O2. The molecule has 0 saturated carbocycles. The molecule has 2 heterocycles. The fraction of sp³-hybridized carbons (Fsp3) is 0.417. The lowest BCUT2D eigenvalue weighted by Gasteiger charge is -2.33. The van der Waals surface area contributed by atoms with Crippen LogP contribution in [-0.2, 0) is 16.1 Å². The van der Waals surface area contributed by atoms with Crippen molar-refractivity contribution >= 4 is 17.5 Å². The van der Waals surface area contributed by atoms with Crippen molar-refractivity contribution in [3.8, 4) is 0 Å². The summed E-state index contributed by atoms with van der Waals surface area (Å²) in [5.74, 6) is -0.238. The Morgan fingerprint density at radius 2 is 1.90 bits per heavy atom. The van der Waals surface area contributed by atoms with Gasteiger partial charge in [0.25, 0.3) is 0 Å². The van der Waals surface area contributed by atoms with Gasteiger partial charge in [0.15, 0.2) is 0 Å². The molecule has 2 aromatic rings. The molecule has 2 amide bonds. The number of anilines is 1. The van der Waals surface area contributed by atoms with E-state index in [9.17, 15) is 14.0 Å². The van der Waals surface area contributed by atoms with Crippen LogP contribution in [0.3, 0.4) is 0 Å². The van der Waals surface area contributed by atoms with Crippen LogP contribution < -0.4 is 10.6 Å². The van der Waals surface area contributed by atoms with Crippen molar-refractivity contribution in [2.45, 2.75) is 43.9 Å². The molecular weight excluding hydrogens is 395 g/mol. The van der Waals surface area contributed by atoms with Gasteiger partial charge < -0.3 is 10.6 Å². The summed E-state index contributed by atoms with van der Waals surface area (Å²) in [5, 5.41) is 6.01. The number of likely N-dealkylation sites (tertiary alicyclic amines) is 1. The molecule has 7 heteroatoms. The molecule has 31 heavy (non-hydrogen) atoms. The van der Waals surface area contributed by atoms with Crippen molar-refractivity contribution in [2.24, 2.45) is 0 Å². The number of nitrogens with zero attached hydrogens (tertiary/aromatic N) is 2. The zero-order chi connectivity index (χ0) is 21.8. The normalized spacial score (nSPS) is 24.3. The molecule has 2 aliphatic heterocycles.